The highest BCUT2D eigenvalue weighted by Crippen LogP contribution is 2.29. The monoisotopic (exact) mass is 448 g/mol. The molecule has 34 heavy (non-hydrogen) atoms. The van der Waals surface area contributed by atoms with Gasteiger partial charge in [-0.1, -0.05) is 91.0 Å². The van der Waals surface area contributed by atoms with Crippen LogP contribution in [0, 0.1) is 0 Å². The first-order valence-electron chi connectivity index (χ1n) is 10.9. The van der Waals surface area contributed by atoms with Crippen LogP contribution in [0.1, 0.15) is 38.5 Å². The van der Waals surface area contributed by atoms with Crippen molar-refractivity contribution in [3.63, 3.8) is 0 Å². The maximum absolute atomic E-state index is 12.9. The van der Waals surface area contributed by atoms with E-state index in [0.717, 1.165) is 21.9 Å². The Hall–Kier alpha value is -4.51. The molecule has 0 heterocycles. The summed E-state index contributed by atoms with van der Waals surface area (Å²) in [4.78, 5) is 37.0. The summed E-state index contributed by atoms with van der Waals surface area (Å²) in [6.07, 6.45) is 3.90. The van der Waals surface area contributed by atoms with Gasteiger partial charge >= 0.3 is 0 Å². The van der Waals surface area contributed by atoms with Gasteiger partial charge in [-0.15, -0.1) is 0 Å². The number of carbonyl (C=O) groups excluding carboxylic acids is 3. The smallest absolute Gasteiger partial charge is 0.285 e. The van der Waals surface area contributed by atoms with Crippen LogP contribution in [-0.4, -0.2) is 17.6 Å². The SMILES string of the molecule is NC(=O)C(=O)[C@@H](Cc1ccccc1)c1cccc(C(N)=O)c1C=Cc1ccc2ccccc2c1. The van der Waals surface area contributed by atoms with Crippen molar-refractivity contribution in [1.82, 2.24) is 0 Å². The van der Waals surface area contributed by atoms with Gasteiger partial charge in [0.2, 0.25) is 11.7 Å². The molecule has 0 bridgehead atoms. The summed E-state index contributed by atoms with van der Waals surface area (Å²) in [6.45, 7) is 0. The predicted octanol–water partition coefficient (Wildman–Crippen LogP) is 4.49. The van der Waals surface area contributed by atoms with Gasteiger partial charge in [0.1, 0.15) is 0 Å². The largest absolute Gasteiger partial charge is 0.366 e. The zero-order chi connectivity index (χ0) is 24.1. The number of fused-ring (bicyclic) bond motifs is 1. The fraction of sp³-hybridized carbons (Fsp3) is 0.0690. The van der Waals surface area contributed by atoms with Gasteiger partial charge in [-0.25, -0.2) is 0 Å². The molecule has 168 valence electrons. The maximum Gasteiger partial charge on any atom is 0.285 e. The van der Waals surface area contributed by atoms with Crippen LogP contribution in [0.2, 0.25) is 0 Å². The van der Waals surface area contributed by atoms with Gasteiger partial charge in [0.25, 0.3) is 5.91 Å². The topological polar surface area (TPSA) is 103 Å². The van der Waals surface area contributed by atoms with Gasteiger partial charge in [0.15, 0.2) is 0 Å². The third kappa shape index (κ3) is 4.94. The van der Waals surface area contributed by atoms with Crippen molar-refractivity contribution >= 4 is 40.5 Å². The second kappa shape index (κ2) is 9.96. The zero-order valence-electron chi connectivity index (χ0n) is 18.5. The summed E-state index contributed by atoms with van der Waals surface area (Å²) in [5, 5.41) is 2.20. The van der Waals surface area contributed by atoms with E-state index in [2.05, 4.69) is 0 Å². The summed E-state index contributed by atoms with van der Waals surface area (Å²) >= 11 is 0. The molecular weight excluding hydrogens is 424 g/mol. The Morgan fingerprint density at radius 3 is 2.15 bits per heavy atom. The number of amides is 2. The number of ketones is 1. The molecular formula is C29H24N2O3. The molecule has 5 heteroatoms. The van der Waals surface area contributed by atoms with Crippen LogP contribution in [-0.2, 0) is 16.0 Å². The Bertz CT molecular complexity index is 1410. The molecule has 0 saturated carbocycles. The Morgan fingerprint density at radius 1 is 0.735 bits per heavy atom. The number of benzene rings is 4. The molecule has 4 aromatic rings. The van der Waals surface area contributed by atoms with Gasteiger partial charge in [0.05, 0.1) is 5.92 Å². The first-order chi connectivity index (χ1) is 16.4. The number of carbonyl (C=O) groups is 3. The molecule has 4 N–H and O–H groups in total. The summed E-state index contributed by atoms with van der Waals surface area (Å²) < 4.78 is 0. The maximum atomic E-state index is 12.9. The van der Waals surface area contributed by atoms with E-state index in [0.29, 0.717) is 11.1 Å². The van der Waals surface area contributed by atoms with Crippen LogP contribution < -0.4 is 11.5 Å². The molecule has 4 rings (SSSR count). The second-order valence-corrected chi connectivity index (χ2v) is 8.08. The average molecular weight is 449 g/mol. The molecule has 0 spiro atoms. The van der Waals surface area contributed by atoms with E-state index in [-0.39, 0.29) is 12.0 Å². The molecule has 0 aliphatic heterocycles. The number of rotatable bonds is 8. The van der Waals surface area contributed by atoms with Crippen molar-refractivity contribution < 1.29 is 14.4 Å². The van der Waals surface area contributed by atoms with E-state index >= 15 is 0 Å². The third-order valence-electron chi connectivity index (χ3n) is 5.84. The summed E-state index contributed by atoms with van der Waals surface area (Å²) in [5.41, 5.74) is 14.1. The Morgan fingerprint density at radius 2 is 1.44 bits per heavy atom. The first-order valence-corrected chi connectivity index (χ1v) is 10.9. The molecule has 0 aromatic heterocycles. The number of hydrogen-bond donors (Lipinski definition) is 2. The molecule has 5 nitrogen and oxygen atoms in total. The summed E-state index contributed by atoms with van der Waals surface area (Å²) in [7, 11) is 0. The van der Waals surface area contributed by atoms with Crippen molar-refractivity contribution in [3.8, 4) is 0 Å². The zero-order valence-corrected chi connectivity index (χ0v) is 18.5. The lowest BCUT2D eigenvalue weighted by molar-refractivity contribution is -0.136. The van der Waals surface area contributed by atoms with E-state index < -0.39 is 23.5 Å². The number of hydrogen-bond acceptors (Lipinski definition) is 3. The minimum atomic E-state index is -1.02. The number of Topliss-reactive ketones (excluding diaryl/α,β-unsaturated/α-hetero) is 1. The van der Waals surface area contributed by atoms with Crippen LogP contribution in [0.25, 0.3) is 22.9 Å². The molecule has 4 aromatic carbocycles. The standard InChI is InChI=1S/C29H24N2O3/c30-28(33)25-12-6-11-23(26(27(32)29(31)34)18-19-7-2-1-3-8-19)24(25)16-14-20-13-15-21-9-4-5-10-22(21)17-20/h1-17,26H,18H2,(H2,30,33)(H2,31,34)/t26-/m0/s1. The molecule has 0 unspecified atom stereocenters. The van der Waals surface area contributed by atoms with E-state index in [1.54, 1.807) is 24.3 Å². The van der Waals surface area contributed by atoms with Crippen molar-refractivity contribution in [2.45, 2.75) is 12.3 Å². The van der Waals surface area contributed by atoms with E-state index in [9.17, 15) is 14.4 Å². The van der Waals surface area contributed by atoms with Crippen LogP contribution >= 0.6 is 0 Å². The highest BCUT2D eigenvalue weighted by molar-refractivity contribution is 6.37. The predicted molar refractivity (Wildman–Crippen MR) is 135 cm³/mol. The fourth-order valence-electron chi connectivity index (χ4n) is 4.14. The second-order valence-electron chi connectivity index (χ2n) is 8.08. The van der Waals surface area contributed by atoms with Gasteiger partial charge in [-0.2, -0.15) is 0 Å². The number of nitrogens with two attached hydrogens (primary N) is 2. The lowest BCUT2D eigenvalue weighted by Gasteiger charge is -2.19. The van der Waals surface area contributed by atoms with Crippen molar-refractivity contribution in [1.29, 1.82) is 0 Å². The average Bonchev–Trinajstić information content (AvgIpc) is 2.85. The van der Waals surface area contributed by atoms with E-state index in [4.69, 9.17) is 11.5 Å². The van der Waals surface area contributed by atoms with Gasteiger partial charge < -0.3 is 11.5 Å². The molecule has 0 aliphatic rings. The highest BCUT2D eigenvalue weighted by Gasteiger charge is 2.28. The fourth-order valence-corrected chi connectivity index (χ4v) is 4.14. The van der Waals surface area contributed by atoms with Gasteiger partial charge in [-0.05, 0) is 51.6 Å². The Balaban J connectivity index is 1.82. The van der Waals surface area contributed by atoms with Crippen LogP contribution in [0.5, 0.6) is 0 Å². The van der Waals surface area contributed by atoms with Crippen molar-refractivity contribution in [2.24, 2.45) is 11.5 Å². The minimum Gasteiger partial charge on any atom is -0.366 e. The molecule has 0 radical (unpaired) electrons. The Kier molecular flexibility index (Phi) is 6.64. The first kappa shape index (κ1) is 22.7. The number of primary amides is 2. The van der Waals surface area contributed by atoms with Crippen molar-refractivity contribution in [2.75, 3.05) is 0 Å². The quantitative estimate of drug-likeness (QED) is 0.307. The van der Waals surface area contributed by atoms with Crippen LogP contribution in [0.4, 0.5) is 0 Å². The molecule has 2 amide bonds. The Labute approximate surface area is 197 Å². The summed E-state index contributed by atoms with van der Waals surface area (Å²) in [5.74, 6) is -3.21. The third-order valence-corrected chi connectivity index (χ3v) is 5.84. The molecule has 0 saturated heterocycles. The lowest BCUT2D eigenvalue weighted by atomic mass is 9.83. The van der Waals surface area contributed by atoms with E-state index in [1.807, 2.05) is 78.9 Å². The van der Waals surface area contributed by atoms with Crippen LogP contribution in [0.3, 0.4) is 0 Å². The van der Waals surface area contributed by atoms with Gasteiger partial charge in [0, 0.05) is 5.56 Å². The highest BCUT2D eigenvalue weighted by atomic mass is 16.2. The molecule has 0 fully saturated rings. The van der Waals surface area contributed by atoms with Crippen molar-refractivity contribution in [3.05, 3.63) is 119 Å². The van der Waals surface area contributed by atoms with E-state index in [1.165, 1.54) is 0 Å². The minimum absolute atomic E-state index is 0.266. The summed E-state index contributed by atoms with van der Waals surface area (Å²) in [6, 6.07) is 28.4. The lowest BCUT2D eigenvalue weighted by Crippen LogP contribution is -2.30. The molecule has 0 aliphatic carbocycles. The normalized spacial score (nSPS) is 12.0. The van der Waals surface area contributed by atoms with Gasteiger partial charge in [-0.3, -0.25) is 14.4 Å². The van der Waals surface area contributed by atoms with Crippen LogP contribution in [0.15, 0.2) is 91.0 Å². The molecule has 1 atom stereocenters.